The maximum atomic E-state index is 12.1. The zero-order chi connectivity index (χ0) is 16.7. The maximum Gasteiger partial charge on any atom is 0.251 e. The van der Waals surface area contributed by atoms with Gasteiger partial charge in [0.05, 0.1) is 0 Å². The average molecular weight is 391 g/mol. The summed E-state index contributed by atoms with van der Waals surface area (Å²) in [5.41, 5.74) is 1.94. The number of hydrogen-bond donors (Lipinski definition) is 2. The van der Waals surface area contributed by atoms with Gasteiger partial charge in [-0.2, -0.15) is 0 Å². The standard InChI is InChI=1S/C18H30N4O.2ClH/c1-15(2)21-11-13-22(14-12-21)17-7-5-16(6-8-17)18(23)20-10-4-9-19-3;;/h5-8,15,19H,4,9-14H2,1-3H3,(H,20,23);2*1H. The van der Waals surface area contributed by atoms with Gasteiger partial charge in [0.1, 0.15) is 0 Å². The average Bonchev–Trinajstić information content (AvgIpc) is 2.59. The van der Waals surface area contributed by atoms with Crippen LogP contribution in [0.3, 0.4) is 0 Å². The lowest BCUT2D eigenvalue weighted by Gasteiger charge is -2.38. The summed E-state index contributed by atoms with van der Waals surface area (Å²) in [4.78, 5) is 17.0. The lowest BCUT2D eigenvalue weighted by atomic mass is 10.1. The van der Waals surface area contributed by atoms with Gasteiger partial charge in [0, 0.05) is 50.0 Å². The van der Waals surface area contributed by atoms with Crippen molar-refractivity contribution in [2.24, 2.45) is 0 Å². The van der Waals surface area contributed by atoms with Crippen molar-refractivity contribution in [3.8, 4) is 0 Å². The minimum atomic E-state index is 0. The van der Waals surface area contributed by atoms with E-state index in [1.54, 1.807) is 0 Å². The number of anilines is 1. The molecule has 1 aromatic carbocycles. The molecule has 1 amide bonds. The van der Waals surface area contributed by atoms with E-state index in [2.05, 4.69) is 46.4 Å². The van der Waals surface area contributed by atoms with Gasteiger partial charge < -0.3 is 15.5 Å². The Bertz CT molecular complexity index is 488. The van der Waals surface area contributed by atoms with Gasteiger partial charge in [0.15, 0.2) is 0 Å². The number of amides is 1. The molecule has 1 aliphatic rings. The quantitative estimate of drug-likeness (QED) is 0.701. The fraction of sp³-hybridized carbons (Fsp3) is 0.611. The summed E-state index contributed by atoms with van der Waals surface area (Å²) >= 11 is 0. The molecule has 0 radical (unpaired) electrons. The van der Waals surface area contributed by atoms with Crippen LogP contribution in [0, 0.1) is 0 Å². The largest absolute Gasteiger partial charge is 0.369 e. The first-order valence-electron chi connectivity index (χ1n) is 8.63. The Morgan fingerprint density at radius 3 is 2.16 bits per heavy atom. The van der Waals surface area contributed by atoms with Crippen molar-refractivity contribution < 1.29 is 4.79 Å². The zero-order valence-electron chi connectivity index (χ0n) is 15.5. The topological polar surface area (TPSA) is 47.6 Å². The van der Waals surface area contributed by atoms with E-state index in [0.717, 1.165) is 44.7 Å². The Labute approximate surface area is 164 Å². The fourth-order valence-corrected chi connectivity index (χ4v) is 2.89. The lowest BCUT2D eigenvalue weighted by molar-refractivity contribution is 0.0953. The van der Waals surface area contributed by atoms with E-state index in [9.17, 15) is 4.79 Å². The molecule has 2 rings (SSSR count). The number of carbonyl (C=O) groups excluding carboxylic acids is 1. The monoisotopic (exact) mass is 390 g/mol. The van der Waals surface area contributed by atoms with Crippen LogP contribution in [0.25, 0.3) is 0 Å². The van der Waals surface area contributed by atoms with Crippen LogP contribution in [0.15, 0.2) is 24.3 Å². The summed E-state index contributed by atoms with van der Waals surface area (Å²) < 4.78 is 0. The van der Waals surface area contributed by atoms with Crippen molar-refractivity contribution >= 4 is 36.4 Å². The van der Waals surface area contributed by atoms with Crippen molar-refractivity contribution in [2.75, 3.05) is 51.2 Å². The lowest BCUT2D eigenvalue weighted by Crippen LogP contribution is -2.48. The molecule has 144 valence electrons. The van der Waals surface area contributed by atoms with Crippen LogP contribution < -0.4 is 15.5 Å². The number of halogens is 2. The van der Waals surface area contributed by atoms with Gasteiger partial charge in [-0.05, 0) is 58.1 Å². The first kappa shape index (κ1) is 24.0. The molecular weight excluding hydrogens is 359 g/mol. The van der Waals surface area contributed by atoms with Crippen molar-refractivity contribution in [1.82, 2.24) is 15.5 Å². The molecule has 0 atom stereocenters. The van der Waals surface area contributed by atoms with E-state index in [0.29, 0.717) is 12.6 Å². The third kappa shape index (κ3) is 7.40. The van der Waals surface area contributed by atoms with E-state index >= 15 is 0 Å². The Morgan fingerprint density at radius 1 is 1.04 bits per heavy atom. The molecule has 1 saturated heterocycles. The number of nitrogens with zero attached hydrogens (tertiary/aromatic N) is 2. The molecule has 1 aliphatic heterocycles. The fourth-order valence-electron chi connectivity index (χ4n) is 2.89. The molecule has 0 spiro atoms. The predicted octanol–water partition coefficient (Wildman–Crippen LogP) is 2.40. The molecule has 2 N–H and O–H groups in total. The molecule has 0 aromatic heterocycles. The van der Waals surface area contributed by atoms with E-state index in [-0.39, 0.29) is 30.7 Å². The number of rotatable bonds is 7. The summed E-state index contributed by atoms with van der Waals surface area (Å²) in [7, 11) is 1.92. The predicted molar refractivity (Wildman–Crippen MR) is 111 cm³/mol. The van der Waals surface area contributed by atoms with Crippen LogP contribution in [0.2, 0.25) is 0 Å². The van der Waals surface area contributed by atoms with E-state index in [1.165, 1.54) is 5.69 Å². The highest BCUT2D eigenvalue weighted by atomic mass is 35.5. The smallest absolute Gasteiger partial charge is 0.251 e. The summed E-state index contributed by atoms with van der Waals surface area (Å²) in [5.74, 6) is 0.0114. The van der Waals surface area contributed by atoms with Crippen LogP contribution in [0.1, 0.15) is 30.6 Å². The Morgan fingerprint density at radius 2 is 1.64 bits per heavy atom. The highest BCUT2D eigenvalue weighted by Crippen LogP contribution is 2.18. The molecular formula is C18H32Cl2N4O. The number of hydrogen-bond acceptors (Lipinski definition) is 4. The number of nitrogens with one attached hydrogen (secondary N) is 2. The van der Waals surface area contributed by atoms with Crippen molar-refractivity contribution in [3.63, 3.8) is 0 Å². The molecule has 25 heavy (non-hydrogen) atoms. The first-order valence-corrected chi connectivity index (χ1v) is 8.63. The second kappa shape index (κ2) is 12.4. The van der Waals surface area contributed by atoms with E-state index in [4.69, 9.17) is 0 Å². The third-order valence-corrected chi connectivity index (χ3v) is 4.43. The van der Waals surface area contributed by atoms with Crippen molar-refractivity contribution in [3.05, 3.63) is 29.8 Å². The molecule has 1 heterocycles. The molecule has 7 heteroatoms. The Balaban J connectivity index is 0.00000288. The van der Waals surface area contributed by atoms with Gasteiger partial charge in [-0.1, -0.05) is 0 Å². The van der Waals surface area contributed by atoms with Crippen LogP contribution in [-0.4, -0.2) is 63.2 Å². The number of benzene rings is 1. The molecule has 0 unspecified atom stereocenters. The second-order valence-electron chi connectivity index (χ2n) is 6.38. The third-order valence-electron chi connectivity index (χ3n) is 4.43. The van der Waals surface area contributed by atoms with Gasteiger partial charge in [-0.25, -0.2) is 0 Å². The number of piperazine rings is 1. The summed E-state index contributed by atoms with van der Waals surface area (Å²) in [6.45, 7) is 10.4. The Hall–Kier alpha value is -1.01. The molecule has 0 bridgehead atoms. The Kier molecular flexibility index (Phi) is 11.9. The molecule has 0 saturated carbocycles. The van der Waals surface area contributed by atoms with Crippen LogP contribution in [-0.2, 0) is 0 Å². The molecule has 0 aliphatic carbocycles. The SMILES string of the molecule is CNCCCNC(=O)c1ccc(N2CCN(C(C)C)CC2)cc1.Cl.Cl. The zero-order valence-corrected chi connectivity index (χ0v) is 17.1. The van der Waals surface area contributed by atoms with E-state index in [1.807, 2.05) is 19.2 Å². The maximum absolute atomic E-state index is 12.1. The minimum absolute atomic E-state index is 0. The molecule has 1 fully saturated rings. The van der Waals surface area contributed by atoms with Gasteiger partial charge in [0.2, 0.25) is 0 Å². The highest BCUT2D eigenvalue weighted by molar-refractivity contribution is 5.94. The van der Waals surface area contributed by atoms with Crippen LogP contribution in [0.5, 0.6) is 0 Å². The second-order valence-corrected chi connectivity index (χ2v) is 6.38. The summed E-state index contributed by atoms with van der Waals surface area (Å²) in [6.07, 6.45) is 0.945. The van der Waals surface area contributed by atoms with Gasteiger partial charge in [-0.3, -0.25) is 9.69 Å². The van der Waals surface area contributed by atoms with Crippen LogP contribution >= 0.6 is 24.8 Å². The first-order chi connectivity index (χ1) is 11.1. The van der Waals surface area contributed by atoms with Crippen molar-refractivity contribution in [1.29, 1.82) is 0 Å². The van der Waals surface area contributed by atoms with Gasteiger partial charge in [-0.15, -0.1) is 24.8 Å². The summed E-state index contributed by atoms with van der Waals surface area (Å²) in [6, 6.07) is 8.60. The van der Waals surface area contributed by atoms with E-state index < -0.39 is 0 Å². The summed E-state index contributed by atoms with van der Waals surface area (Å²) in [5, 5.41) is 6.03. The normalized spacial score (nSPS) is 14.6. The van der Waals surface area contributed by atoms with Crippen LogP contribution in [0.4, 0.5) is 5.69 Å². The number of carbonyl (C=O) groups is 1. The highest BCUT2D eigenvalue weighted by Gasteiger charge is 2.19. The van der Waals surface area contributed by atoms with Crippen molar-refractivity contribution in [2.45, 2.75) is 26.3 Å². The minimum Gasteiger partial charge on any atom is -0.369 e. The molecule has 5 nitrogen and oxygen atoms in total. The van der Waals surface area contributed by atoms with Gasteiger partial charge >= 0.3 is 0 Å². The molecule has 1 aromatic rings. The van der Waals surface area contributed by atoms with Gasteiger partial charge in [0.25, 0.3) is 5.91 Å².